The minimum Gasteiger partial charge on any atom is -0.342 e. The van der Waals surface area contributed by atoms with Gasteiger partial charge in [0.05, 0.1) is 6.20 Å². The van der Waals surface area contributed by atoms with Gasteiger partial charge in [-0.05, 0) is 30.5 Å². The maximum Gasteiger partial charge on any atom is 0.163 e. The molecule has 0 fully saturated rings. The normalized spacial score (nSPS) is 19.7. The van der Waals surface area contributed by atoms with E-state index in [1.165, 1.54) is 6.20 Å². The number of anilines is 1. The Morgan fingerprint density at radius 3 is 2.83 bits per heavy atom. The fourth-order valence-electron chi connectivity index (χ4n) is 3.29. The van der Waals surface area contributed by atoms with Crippen LogP contribution in [-0.2, 0) is 4.79 Å². The number of carbonyl (C=O) groups excluding carboxylic acids is 1. The number of nitrogens with zero attached hydrogens (tertiary/aromatic N) is 3. The van der Waals surface area contributed by atoms with E-state index in [4.69, 9.17) is 11.6 Å². The molecule has 6 heteroatoms. The highest BCUT2D eigenvalue weighted by Crippen LogP contribution is 2.41. The Bertz CT molecular complexity index is 873. The molecule has 0 saturated heterocycles. The van der Waals surface area contributed by atoms with Gasteiger partial charge in [-0.1, -0.05) is 23.7 Å². The quantitative estimate of drug-likeness (QED) is 0.872. The first kappa shape index (κ1) is 14.0. The molecule has 2 aliphatic rings. The zero-order valence-corrected chi connectivity index (χ0v) is 13.0. The maximum atomic E-state index is 12.5. The molecule has 0 spiro atoms. The summed E-state index contributed by atoms with van der Waals surface area (Å²) in [4.78, 5) is 12.5. The molecule has 2 heterocycles. The lowest BCUT2D eigenvalue weighted by molar-refractivity contribution is -0.116. The van der Waals surface area contributed by atoms with E-state index in [9.17, 15) is 10.1 Å². The SMILES string of the molecule is N#Cc1cnn2c1NC1=C(C(=O)CCC1)C2c1ccc(Cl)cc1. The summed E-state index contributed by atoms with van der Waals surface area (Å²) in [5.41, 5.74) is 3.07. The van der Waals surface area contributed by atoms with Crippen LogP contribution in [0.15, 0.2) is 41.7 Å². The van der Waals surface area contributed by atoms with Crippen molar-refractivity contribution in [1.82, 2.24) is 9.78 Å². The molecule has 114 valence electrons. The van der Waals surface area contributed by atoms with Gasteiger partial charge >= 0.3 is 0 Å². The van der Waals surface area contributed by atoms with Crippen molar-refractivity contribution in [3.05, 3.63) is 57.9 Å². The number of Topliss-reactive ketones (excluding diaryl/α,β-unsaturated/α-hetero) is 1. The lowest BCUT2D eigenvalue weighted by Crippen LogP contribution is -2.31. The molecule has 1 atom stereocenters. The minimum atomic E-state index is -0.312. The Morgan fingerprint density at radius 1 is 1.30 bits per heavy atom. The molecule has 1 aromatic carbocycles. The Hall–Kier alpha value is -2.58. The summed E-state index contributed by atoms with van der Waals surface area (Å²) in [5.74, 6) is 0.791. The highest BCUT2D eigenvalue weighted by Gasteiger charge is 2.36. The van der Waals surface area contributed by atoms with Crippen LogP contribution in [0, 0.1) is 11.3 Å². The predicted molar refractivity (Wildman–Crippen MR) is 86.0 cm³/mol. The summed E-state index contributed by atoms with van der Waals surface area (Å²) in [6, 6.07) is 9.26. The van der Waals surface area contributed by atoms with Crippen molar-refractivity contribution in [2.75, 3.05) is 5.32 Å². The number of rotatable bonds is 1. The summed E-state index contributed by atoms with van der Waals surface area (Å²) < 4.78 is 1.73. The van der Waals surface area contributed by atoms with Crippen molar-refractivity contribution < 1.29 is 4.79 Å². The summed E-state index contributed by atoms with van der Waals surface area (Å²) in [6.45, 7) is 0. The van der Waals surface area contributed by atoms with Gasteiger partial charge in [0.2, 0.25) is 0 Å². The van der Waals surface area contributed by atoms with Gasteiger partial charge in [0.15, 0.2) is 5.78 Å². The van der Waals surface area contributed by atoms with E-state index >= 15 is 0 Å². The third kappa shape index (κ3) is 2.14. The van der Waals surface area contributed by atoms with Gasteiger partial charge in [0, 0.05) is 22.7 Å². The smallest absolute Gasteiger partial charge is 0.163 e. The summed E-state index contributed by atoms with van der Waals surface area (Å²) in [7, 11) is 0. The number of ketones is 1. The molecule has 5 nitrogen and oxygen atoms in total. The van der Waals surface area contributed by atoms with Gasteiger partial charge in [-0.3, -0.25) is 4.79 Å². The summed E-state index contributed by atoms with van der Waals surface area (Å²) in [5, 5.41) is 17.5. The first-order chi connectivity index (χ1) is 11.2. The highest BCUT2D eigenvalue weighted by molar-refractivity contribution is 6.30. The molecule has 23 heavy (non-hydrogen) atoms. The highest BCUT2D eigenvalue weighted by atomic mass is 35.5. The molecule has 0 saturated carbocycles. The molecular weight excluding hydrogens is 312 g/mol. The van der Waals surface area contributed by atoms with Crippen LogP contribution in [0.25, 0.3) is 0 Å². The second-order valence-corrected chi connectivity index (χ2v) is 6.15. The van der Waals surface area contributed by atoms with Crippen LogP contribution in [0.3, 0.4) is 0 Å². The van der Waals surface area contributed by atoms with Gasteiger partial charge in [0.1, 0.15) is 23.5 Å². The Labute approximate surface area is 138 Å². The zero-order valence-electron chi connectivity index (χ0n) is 12.2. The number of aromatic nitrogens is 2. The number of fused-ring (bicyclic) bond motifs is 1. The second kappa shape index (κ2) is 5.25. The fourth-order valence-corrected chi connectivity index (χ4v) is 3.42. The van der Waals surface area contributed by atoms with Crippen molar-refractivity contribution in [3.8, 4) is 6.07 Å². The van der Waals surface area contributed by atoms with Gasteiger partial charge < -0.3 is 5.32 Å². The number of carbonyl (C=O) groups is 1. The van der Waals surface area contributed by atoms with E-state index in [-0.39, 0.29) is 11.8 Å². The van der Waals surface area contributed by atoms with Crippen LogP contribution < -0.4 is 5.32 Å². The Morgan fingerprint density at radius 2 is 2.09 bits per heavy atom. The van der Waals surface area contributed by atoms with Crippen LogP contribution in [0.5, 0.6) is 0 Å². The van der Waals surface area contributed by atoms with Gasteiger partial charge in [-0.15, -0.1) is 0 Å². The molecule has 1 aromatic heterocycles. The number of allylic oxidation sites excluding steroid dienone is 2. The lowest BCUT2D eigenvalue weighted by Gasteiger charge is -2.33. The first-order valence-electron chi connectivity index (χ1n) is 7.45. The van der Waals surface area contributed by atoms with Crippen molar-refractivity contribution in [3.63, 3.8) is 0 Å². The second-order valence-electron chi connectivity index (χ2n) is 5.71. The van der Waals surface area contributed by atoms with Crippen LogP contribution in [0.1, 0.15) is 36.4 Å². The van der Waals surface area contributed by atoms with Gasteiger partial charge in [-0.2, -0.15) is 10.4 Å². The third-order valence-corrected chi connectivity index (χ3v) is 4.60. The molecule has 2 aromatic rings. The third-order valence-electron chi connectivity index (χ3n) is 4.35. The number of hydrogen-bond acceptors (Lipinski definition) is 4. The standard InChI is InChI=1S/C17H13ClN4O/c18-12-6-4-10(5-7-12)16-15-13(2-1-3-14(15)23)21-17-11(8-19)9-20-22(16)17/h4-7,9,16,21H,1-3H2. The average Bonchev–Trinajstić information content (AvgIpc) is 2.97. The maximum absolute atomic E-state index is 12.5. The summed E-state index contributed by atoms with van der Waals surface area (Å²) >= 11 is 5.99. The number of hydrogen-bond donors (Lipinski definition) is 1. The first-order valence-corrected chi connectivity index (χ1v) is 7.83. The number of halogens is 1. The monoisotopic (exact) mass is 324 g/mol. The van der Waals surface area contributed by atoms with Gasteiger partial charge in [-0.25, -0.2) is 4.68 Å². The molecule has 1 N–H and O–H groups in total. The molecule has 1 aliphatic carbocycles. The largest absolute Gasteiger partial charge is 0.342 e. The number of benzene rings is 1. The topological polar surface area (TPSA) is 70.7 Å². The van der Waals surface area contributed by atoms with Crippen LogP contribution >= 0.6 is 11.6 Å². The lowest BCUT2D eigenvalue weighted by atomic mass is 9.85. The Kier molecular flexibility index (Phi) is 3.21. The molecule has 0 amide bonds. The molecule has 0 radical (unpaired) electrons. The van der Waals surface area contributed by atoms with Crippen molar-refractivity contribution in [2.24, 2.45) is 0 Å². The van der Waals surface area contributed by atoms with Crippen molar-refractivity contribution in [2.45, 2.75) is 25.3 Å². The van der Waals surface area contributed by atoms with E-state index in [0.717, 1.165) is 29.7 Å². The van der Waals surface area contributed by atoms with E-state index < -0.39 is 0 Å². The van der Waals surface area contributed by atoms with Gasteiger partial charge in [0.25, 0.3) is 0 Å². The molecule has 4 rings (SSSR count). The average molecular weight is 325 g/mol. The van der Waals surface area contributed by atoms with Crippen LogP contribution in [0.2, 0.25) is 5.02 Å². The number of nitrogens with one attached hydrogen (secondary N) is 1. The van der Waals surface area contributed by atoms with E-state index in [1.807, 2.05) is 12.1 Å². The predicted octanol–water partition coefficient (Wildman–Crippen LogP) is 3.43. The van der Waals surface area contributed by atoms with E-state index in [2.05, 4.69) is 16.5 Å². The van der Waals surface area contributed by atoms with Crippen LogP contribution in [-0.4, -0.2) is 15.6 Å². The van der Waals surface area contributed by atoms with Crippen LogP contribution in [0.4, 0.5) is 5.82 Å². The van der Waals surface area contributed by atoms with Crippen molar-refractivity contribution in [1.29, 1.82) is 5.26 Å². The molecule has 1 unspecified atom stereocenters. The Balaban J connectivity index is 1.94. The fraction of sp³-hybridized carbons (Fsp3) is 0.235. The molecular formula is C17H13ClN4O. The minimum absolute atomic E-state index is 0.137. The zero-order chi connectivity index (χ0) is 16.0. The van der Waals surface area contributed by atoms with E-state index in [0.29, 0.717) is 22.8 Å². The molecule has 1 aliphatic heterocycles. The van der Waals surface area contributed by atoms with Crippen molar-refractivity contribution >= 4 is 23.2 Å². The summed E-state index contributed by atoms with van der Waals surface area (Å²) in [6.07, 6.45) is 3.72. The molecule has 0 bridgehead atoms. The number of nitriles is 1. The van der Waals surface area contributed by atoms with E-state index in [1.54, 1.807) is 16.8 Å².